The van der Waals surface area contributed by atoms with Crippen molar-refractivity contribution in [2.45, 2.75) is 57.9 Å². The number of rotatable bonds is 5. The summed E-state index contributed by atoms with van der Waals surface area (Å²) in [6, 6.07) is 5.52. The van der Waals surface area contributed by atoms with E-state index in [1.807, 2.05) is 26.0 Å². The predicted molar refractivity (Wildman–Crippen MR) is 107 cm³/mol. The summed E-state index contributed by atoms with van der Waals surface area (Å²) in [6.45, 7) is 3.79. The molecule has 0 unspecified atom stereocenters. The normalized spacial score (nSPS) is 31.7. The van der Waals surface area contributed by atoms with Crippen molar-refractivity contribution < 1.29 is 13.2 Å². The molecule has 0 heterocycles. The summed E-state index contributed by atoms with van der Waals surface area (Å²) in [4.78, 5) is 12.9. The summed E-state index contributed by atoms with van der Waals surface area (Å²) in [6.07, 6.45) is 8.29. The van der Waals surface area contributed by atoms with Crippen LogP contribution in [-0.2, 0) is 14.8 Å². The number of nitrogens with one attached hydrogen (secondary N) is 1. The minimum atomic E-state index is -3.54. The molecule has 4 saturated carbocycles. The Hall–Kier alpha value is -1.56. The Labute approximate surface area is 162 Å². The van der Waals surface area contributed by atoms with Gasteiger partial charge in [0, 0.05) is 5.54 Å². The first kappa shape index (κ1) is 18.8. The average Bonchev–Trinajstić information content (AvgIpc) is 2.52. The molecule has 0 aromatic heterocycles. The maximum atomic E-state index is 12.9. The van der Waals surface area contributed by atoms with Gasteiger partial charge >= 0.3 is 0 Å². The van der Waals surface area contributed by atoms with E-state index in [-0.39, 0.29) is 18.0 Å². The molecule has 0 atom stereocenters. The molecule has 1 amide bonds. The van der Waals surface area contributed by atoms with Crippen LogP contribution in [0.25, 0.3) is 0 Å². The van der Waals surface area contributed by atoms with Crippen molar-refractivity contribution >= 4 is 21.6 Å². The SMILES string of the molecule is Cc1ccc(N(CC(=O)NC23CC4CC(CC(C4)C2)C3)S(C)(=O)=O)cc1C. The van der Waals surface area contributed by atoms with Crippen LogP contribution < -0.4 is 9.62 Å². The van der Waals surface area contributed by atoms with Crippen LogP contribution in [0, 0.1) is 31.6 Å². The summed E-state index contributed by atoms with van der Waals surface area (Å²) < 4.78 is 26.0. The standard InChI is InChI=1S/C21H30N2O3S/c1-14-4-5-19(6-15(14)2)23(27(3,25)26)13-20(24)22-21-10-16-7-17(11-21)9-18(8-16)12-21/h4-6,16-18H,7-13H2,1-3H3,(H,22,24). The van der Waals surface area contributed by atoms with E-state index >= 15 is 0 Å². The van der Waals surface area contributed by atoms with Crippen LogP contribution in [0.15, 0.2) is 18.2 Å². The molecule has 4 fully saturated rings. The first-order valence-electron chi connectivity index (χ1n) is 9.99. The molecule has 1 aromatic rings. The third-order valence-corrected chi connectivity index (χ3v) is 8.05. The third kappa shape index (κ3) is 3.73. The van der Waals surface area contributed by atoms with Gasteiger partial charge in [-0.2, -0.15) is 0 Å². The van der Waals surface area contributed by atoms with E-state index in [1.165, 1.54) is 29.8 Å². The summed E-state index contributed by atoms with van der Waals surface area (Å²) >= 11 is 0. The van der Waals surface area contributed by atoms with Gasteiger partial charge in [-0.25, -0.2) is 8.42 Å². The van der Waals surface area contributed by atoms with Crippen molar-refractivity contribution in [3.8, 4) is 0 Å². The summed E-state index contributed by atoms with van der Waals surface area (Å²) in [7, 11) is -3.54. The Morgan fingerprint density at radius 2 is 1.63 bits per heavy atom. The second kappa shape index (κ2) is 6.50. The molecule has 0 saturated heterocycles. The second-order valence-electron chi connectivity index (χ2n) is 9.28. The summed E-state index contributed by atoms with van der Waals surface area (Å²) in [5.41, 5.74) is 2.58. The lowest BCUT2D eigenvalue weighted by Crippen LogP contribution is -2.61. The number of sulfonamides is 1. The first-order valence-corrected chi connectivity index (χ1v) is 11.8. The molecule has 4 bridgehead atoms. The largest absolute Gasteiger partial charge is 0.349 e. The van der Waals surface area contributed by atoms with Crippen LogP contribution in [-0.4, -0.2) is 32.7 Å². The third-order valence-electron chi connectivity index (χ3n) is 6.91. The lowest BCUT2D eigenvalue weighted by atomic mass is 9.53. The molecular formula is C21H30N2O3S. The number of benzene rings is 1. The van der Waals surface area contributed by atoms with Gasteiger partial charge in [0.2, 0.25) is 15.9 Å². The molecule has 0 spiro atoms. The highest BCUT2D eigenvalue weighted by atomic mass is 32.2. The number of carbonyl (C=O) groups excluding carboxylic acids is 1. The molecule has 5 rings (SSSR count). The van der Waals surface area contributed by atoms with Crippen LogP contribution in [0.1, 0.15) is 49.7 Å². The Morgan fingerprint density at radius 3 is 2.11 bits per heavy atom. The molecule has 27 heavy (non-hydrogen) atoms. The van der Waals surface area contributed by atoms with Crippen LogP contribution in [0.3, 0.4) is 0 Å². The lowest BCUT2D eigenvalue weighted by Gasteiger charge is -2.57. The molecule has 6 heteroatoms. The average molecular weight is 391 g/mol. The Balaban J connectivity index is 1.52. The van der Waals surface area contributed by atoms with E-state index in [4.69, 9.17) is 0 Å². The fourth-order valence-corrected chi connectivity index (χ4v) is 6.86. The molecule has 5 nitrogen and oxygen atoms in total. The zero-order valence-corrected chi connectivity index (χ0v) is 17.3. The van der Waals surface area contributed by atoms with Gasteiger partial charge in [-0.1, -0.05) is 6.07 Å². The van der Waals surface area contributed by atoms with Crippen LogP contribution >= 0.6 is 0 Å². The Bertz CT molecular complexity index is 827. The highest BCUT2D eigenvalue weighted by Crippen LogP contribution is 2.55. The minimum Gasteiger partial charge on any atom is -0.349 e. The van der Waals surface area contributed by atoms with E-state index in [9.17, 15) is 13.2 Å². The summed E-state index contributed by atoms with van der Waals surface area (Å²) in [5, 5.41) is 3.28. The highest BCUT2D eigenvalue weighted by molar-refractivity contribution is 7.92. The number of amides is 1. The topological polar surface area (TPSA) is 66.5 Å². The maximum absolute atomic E-state index is 12.9. The van der Waals surface area contributed by atoms with E-state index in [2.05, 4.69) is 5.32 Å². The fraction of sp³-hybridized carbons (Fsp3) is 0.667. The molecule has 148 valence electrons. The number of anilines is 1. The predicted octanol–water partition coefficient (Wildman–Crippen LogP) is 3.15. The van der Waals surface area contributed by atoms with Crippen molar-refractivity contribution in [1.82, 2.24) is 5.32 Å². The van der Waals surface area contributed by atoms with Crippen molar-refractivity contribution in [2.24, 2.45) is 17.8 Å². The van der Waals surface area contributed by atoms with Crippen molar-refractivity contribution in [3.63, 3.8) is 0 Å². The van der Waals surface area contributed by atoms with Gasteiger partial charge in [-0.3, -0.25) is 9.10 Å². The monoisotopic (exact) mass is 390 g/mol. The lowest BCUT2D eigenvalue weighted by molar-refractivity contribution is -0.125. The van der Waals surface area contributed by atoms with Crippen LogP contribution in [0.5, 0.6) is 0 Å². The van der Waals surface area contributed by atoms with Gasteiger partial charge in [-0.05, 0) is 93.4 Å². The molecule has 0 radical (unpaired) electrons. The van der Waals surface area contributed by atoms with Gasteiger partial charge in [0.1, 0.15) is 6.54 Å². The minimum absolute atomic E-state index is 0.0990. The number of nitrogens with zero attached hydrogens (tertiary/aromatic N) is 1. The van der Waals surface area contributed by atoms with E-state index in [1.54, 1.807) is 6.07 Å². The number of hydrogen-bond acceptors (Lipinski definition) is 3. The van der Waals surface area contributed by atoms with E-state index in [0.29, 0.717) is 5.69 Å². The van der Waals surface area contributed by atoms with Gasteiger partial charge in [-0.15, -0.1) is 0 Å². The summed E-state index contributed by atoms with van der Waals surface area (Å²) in [5.74, 6) is 2.03. The molecule has 1 aromatic carbocycles. The number of carbonyl (C=O) groups is 1. The van der Waals surface area contributed by atoms with E-state index in [0.717, 1.165) is 48.1 Å². The zero-order chi connectivity index (χ0) is 19.4. The molecule has 4 aliphatic carbocycles. The van der Waals surface area contributed by atoms with Crippen molar-refractivity contribution in [3.05, 3.63) is 29.3 Å². The van der Waals surface area contributed by atoms with Gasteiger partial charge in [0.15, 0.2) is 0 Å². The van der Waals surface area contributed by atoms with Crippen molar-refractivity contribution in [1.29, 1.82) is 0 Å². The maximum Gasteiger partial charge on any atom is 0.241 e. The second-order valence-corrected chi connectivity index (χ2v) is 11.2. The fourth-order valence-electron chi connectivity index (χ4n) is 6.01. The smallest absolute Gasteiger partial charge is 0.241 e. The molecule has 1 N–H and O–H groups in total. The Kier molecular flexibility index (Phi) is 4.53. The van der Waals surface area contributed by atoms with Crippen LogP contribution in [0.4, 0.5) is 5.69 Å². The first-order chi connectivity index (χ1) is 12.6. The quantitative estimate of drug-likeness (QED) is 0.840. The molecule has 4 aliphatic rings. The van der Waals surface area contributed by atoms with Crippen LogP contribution in [0.2, 0.25) is 0 Å². The number of aryl methyl sites for hydroxylation is 2. The Morgan fingerprint density at radius 1 is 1.07 bits per heavy atom. The molecule has 0 aliphatic heterocycles. The van der Waals surface area contributed by atoms with Gasteiger partial charge in [0.05, 0.1) is 11.9 Å². The zero-order valence-electron chi connectivity index (χ0n) is 16.5. The van der Waals surface area contributed by atoms with E-state index < -0.39 is 10.0 Å². The van der Waals surface area contributed by atoms with Gasteiger partial charge in [0.25, 0.3) is 0 Å². The van der Waals surface area contributed by atoms with Gasteiger partial charge < -0.3 is 5.32 Å². The molecular weight excluding hydrogens is 360 g/mol. The number of hydrogen-bond donors (Lipinski definition) is 1. The highest BCUT2D eigenvalue weighted by Gasteiger charge is 2.51. The van der Waals surface area contributed by atoms with Crippen molar-refractivity contribution in [2.75, 3.05) is 17.1 Å².